The second-order valence-corrected chi connectivity index (χ2v) is 7.77. The third-order valence-corrected chi connectivity index (χ3v) is 5.20. The predicted octanol–water partition coefficient (Wildman–Crippen LogP) is 1.32. The van der Waals surface area contributed by atoms with Gasteiger partial charge in [0.2, 0.25) is 15.9 Å². The van der Waals surface area contributed by atoms with Crippen molar-refractivity contribution in [2.45, 2.75) is 31.2 Å². The van der Waals surface area contributed by atoms with Crippen LogP contribution < -0.4 is 5.73 Å². The molecule has 1 atom stereocenters. The Morgan fingerprint density at radius 1 is 1.26 bits per heavy atom. The number of carboxylic acid groups (broad SMARTS) is 1. The van der Waals surface area contributed by atoms with Crippen LogP contribution in [0.25, 0.3) is 0 Å². The van der Waals surface area contributed by atoms with Crippen LogP contribution in [0, 0.1) is 5.92 Å². The minimum absolute atomic E-state index is 0.0517. The zero-order valence-electron chi connectivity index (χ0n) is 12.8. The van der Waals surface area contributed by atoms with Gasteiger partial charge < -0.3 is 10.8 Å². The summed E-state index contributed by atoms with van der Waals surface area (Å²) >= 11 is 5.73. The maximum atomic E-state index is 12.7. The van der Waals surface area contributed by atoms with Crippen LogP contribution >= 0.6 is 11.6 Å². The highest BCUT2D eigenvalue weighted by atomic mass is 35.5. The van der Waals surface area contributed by atoms with Crippen LogP contribution in [0.2, 0.25) is 5.02 Å². The molecule has 9 heteroatoms. The van der Waals surface area contributed by atoms with Gasteiger partial charge in [-0.05, 0) is 36.6 Å². The number of hydrogen-bond donors (Lipinski definition) is 2. The van der Waals surface area contributed by atoms with Crippen molar-refractivity contribution < 1.29 is 23.1 Å². The van der Waals surface area contributed by atoms with E-state index in [2.05, 4.69) is 0 Å². The Kier molecular flexibility index (Phi) is 6.55. The maximum absolute atomic E-state index is 12.7. The smallest absolute Gasteiger partial charge is 0.318 e. The van der Waals surface area contributed by atoms with Crippen molar-refractivity contribution >= 4 is 33.5 Å². The van der Waals surface area contributed by atoms with Gasteiger partial charge in [0, 0.05) is 5.02 Å². The van der Waals surface area contributed by atoms with Crippen LogP contribution in [0.5, 0.6) is 0 Å². The monoisotopic (exact) mass is 362 g/mol. The summed E-state index contributed by atoms with van der Waals surface area (Å²) in [6.45, 7) is 2.71. The van der Waals surface area contributed by atoms with Gasteiger partial charge >= 0.3 is 5.97 Å². The molecule has 0 unspecified atom stereocenters. The average Bonchev–Trinajstić information content (AvgIpc) is 2.42. The van der Waals surface area contributed by atoms with Gasteiger partial charge in [-0.2, -0.15) is 4.31 Å². The molecule has 23 heavy (non-hydrogen) atoms. The minimum atomic E-state index is -4.21. The molecule has 0 saturated carbocycles. The van der Waals surface area contributed by atoms with E-state index in [0.717, 1.165) is 0 Å². The van der Waals surface area contributed by atoms with Crippen LogP contribution in [-0.4, -0.2) is 42.3 Å². The molecular weight excluding hydrogens is 344 g/mol. The first-order chi connectivity index (χ1) is 10.6. The number of benzene rings is 1. The van der Waals surface area contributed by atoms with Crippen LogP contribution in [0.1, 0.15) is 20.3 Å². The number of sulfonamides is 1. The van der Waals surface area contributed by atoms with Gasteiger partial charge in [0.25, 0.3) is 0 Å². The quantitative estimate of drug-likeness (QED) is 0.723. The van der Waals surface area contributed by atoms with Crippen molar-refractivity contribution in [1.82, 2.24) is 4.31 Å². The molecule has 1 aromatic rings. The second-order valence-electron chi connectivity index (χ2n) is 5.45. The van der Waals surface area contributed by atoms with Gasteiger partial charge in [-0.25, -0.2) is 8.42 Å². The maximum Gasteiger partial charge on any atom is 0.318 e. The molecule has 128 valence electrons. The largest absolute Gasteiger partial charge is 0.480 e. The predicted molar refractivity (Wildman–Crippen MR) is 85.4 cm³/mol. The third-order valence-electron chi connectivity index (χ3n) is 3.08. The van der Waals surface area contributed by atoms with E-state index in [1.54, 1.807) is 13.8 Å². The van der Waals surface area contributed by atoms with E-state index in [0.29, 0.717) is 9.33 Å². The first-order valence-electron chi connectivity index (χ1n) is 6.84. The molecule has 1 rings (SSSR count). The van der Waals surface area contributed by atoms with E-state index in [1.807, 2.05) is 0 Å². The Balaban J connectivity index is 3.35. The van der Waals surface area contributed by atoms with E-state index >= 15 is 0 Å². The number of aliphatic carboxylic acids is 1. The Bertz CT molecular complexity index is 673. The SMILES string of the molecule is CC(C)C[C@@H](C(N)=O)N(CC(=O)O)S(=O)(=O)c1ccc(Cl)cc1. The summed E-state index contributed by atoms with van der Waals surface area (Å²) in [6.07, 6.45) is 0.120. The van der Waals surface area contributed by atoms with Crippen LogP contribution in [0.4, 0.5) is 0 Å². The molecule has 0 aromatic heterocycles. The van der Waals surface area contributed by atoms with Crippen LogP contribution in [0.15, 0.2) is 29.2 Å². The van der Waals surface area contributed by atoms with E-state index in [9.17, 15) is 18.0 Å². The Hall–Kier alpha value is -1.64. The number of halogens is 1. The van der Waals surface area contributed by atoms with Crippen LogP contribution in [0.3, 0.4) is 0 Å². The number of primary amides is 1. The summed E-state index contributed by atoms with van der Waals surface area (Å²) in [5.41, 5.74) is 5.30. The number of carbonyl (C=O) groups excluding carboxylic acids is 1. The molecule has 0 aliphatic carbocycles. The van der Waals surface area contributed by atoms with E-state index in [4.69, 9.17) is 22.4 Å². The summed E-state index contributed by atoms with van der Waals surface area (Å²) in [5, 5.41) is 9.36. The fourth-order valence-electron chi connectivity index (χ4n) is 2.06. The highest BCUT2D eigenvalue weighted by molar-refractivity contribution is 7.89. The van der Waals surface area contributed by atoms with Gasteiger partial charge in [0.1, 0.15) is 12.6 Å². The molecule has 1 aromatic carbocycles. The minimum Gasteiger partial charge on any atom is -0.480 e. The molecule has 0 fully saturated rings. The Morgan fingerprint density at radius 3 is 2.17 bits per heavy atom. The van der Waals surface area contributed by atoms with Gasteiger partial charge in [0.05, 0.1) is 4.90 Å². The Morgan fingerprint density at radius 2 is 1.78 bits per heavy atom. The van der Waals surface area contributed by atoms with Crippen LogP contribution in [-0.2, 0) is 19.6 Å². The second kappa shape index (κ2) is 7.76. The fraction of sp³-hybridized carbons (Fsp3) is 0.429. The molecule has 3 N–H and O–H groups in total. The van der Waals surface area contributed by atoms with Crippen molar-refractivity contribution in [3.63, 3.8) is 0 Å². The number of nitrogens with zero attached hydrogens (tertiary/aromatic N) is 1. The molecule has 0 bridgehead atoms. The average molecular weight is 363 g/mol. The zero-order valence-corrected chi connectivity index (χ0v) is 14.3. The highest BCUT2D eigenvalue weighted by Crippen LogP contribution is 2.23. The normalized spacial score (nSPS) is 13.3. The lowest BCUT2D eigenvalue weighted by molar-refractivity contribution is -0.138. The Labute approximate surface area is 140 Å². The zero-order chi connectivity index (χ0) is 17.8. The fourth-order valence-corrected chi connectivity index (χ4v) is 3.74. The lowest BCUT2D eigenvalue weighted by Crippen LogP contribution is -2.50. The summed E-state index contributed by atoms with van der Waals surface area (Å²) in [6, 6.07) is 4.00. The van der Waals surface area contributed by atoms with Crippen molar-refractivity contribution in [2.75, 3.05) is 6.54 Å². The number of rotatable bonds is 8. The molecular formula is C14H19ClN2O5S. The standard InChI is InChI=1S/C14H19ClN2O5S/c1-9(2)7-12(14(16)20)17(8-13(18)19)23(21,22)11-5-3-10(15)4-6-11/h3-6,9,12H,7-8H2,1-2H3,(H2,16,20)(H,18,19)/t12-/m0/s1. The van der Waals surface area contributed by atoms with Gasteiger partial charge in [-0.15, -0.1) is 0 Å². The summed E-state index contributed by atoms with van der Waals surface area (Å²) in [4.78, 5) is 22.6. The number of amides is 1. The first kappa shape index (κ1) is 19.4. The summed E-state index contributed by atoms with van der Waals surface area (Å²) in [7, 11) is -4.21. The van der Waals surface area contributed by atoms with Gasteiger partial charge in [-0.1, -0.05) is 25.4 Å². The van der Waals surface area contributed by atoms with Gasteiger partial charge in [-0.3, -0.25) is 9.59 Å². The van der Waals surface area contributed by atoms with Crippen molar-refractivity contribution in [3.8, 4) is 0 Å². The van der Waals surface area contributed by atoms with Crippen molar-refractivity contribution in [3.05, 3.63) is 29.3 Å². The molecule has 0 aliphatic rings. The lowest BCUT2D eigenvalue weighted by Gasteiger charge is -2.28. The molecule has 0 aliphatic heterocycles. The molecule has 0 saturated heterocycles. The summed E-state index contributed by atoms with van der Waals surface area (Å²) in [5.74, 6) is -2.32. The molecule has 0 radical (unpaired) electrons. The van der Waals surface area contributed by atoms with E-state index in [-0.39, 0.29) is 17.2 Å². The topological polar surface area (TPSA) is 118 Å². The van der Waals surface area contributed by atoms with Crippen molar-refractivity contribution in [2.24, 2.45) is 11.7 Å². The first-order valence-corrected chi connectivity index (χ1v) is 8.66. The highest BCUT2D eigenvalue weighted by Gasteiger charge is 2.36. The molecule has 1 amide bonds. The van der Waals surface area contributed by atoms with Gasteiger partial charge in [0.15, 0.2) is 0 Å². The number of hydrogen-bond acceptors (Lipinski definition) is 4. The van der Waals surface area contributed by atoms with E-state index in [1.165, 1.54) is 24.3 Å². The molecule has 0 spiro atoms. The lowest BCUT2D eigenvalue weighted by atomic mass is 10.0. The third kappa shape index (κ3) is 5.19. The molecule has 7 nitrogen and oxygen atoms in total. The number of carboxylic acids is 1. The molecule has 0 heterocycles. The summed E-state index contributed by atoms with van der Waals surface area (Å²) < 4.78 is 26.1. The number of nitrogens with two attached hydrogens (primary N) is 1. The van der Waals surface area contributed by atoms with E-state index < -0.39 is 34.5 Å². The van der Waals surface area contributed by atoms with Crippen molar-refractivity contribution in [1.29, 1.82) is 0 Å². The number of carbonyl (C=O) groups is 2.